The maximum atomic E-state index is 12.2. The van der Waals surface area contributed by atoms with E-state index in [0.29, 0.717) is 17.4 Å². The molecule has 2 fully saturated rings. The van der Waals surface area contributed by atoms with Gasteiger partial charge in [0.1, 0.15) is 6.10 Å². The molecular formula is C16H19NO5. The minimum absolute atomic E-state index is 0.0334. The van der Waals surface area contributed by atoms with Crippen LogP contribution in [-0.4, -0.2) is 30.2 Å². The normalized spacial score (nSPS) is 30.6. The highest BCUT2D eigenvalue weighted by atomic mass is 16.6. The molecule has 0 amide bonds. The van der Waals surface area contributed by atoms with Gasteiger partial charge < -0.3 is 9.47 Å². The van der Waals surface area contributed by atoms with Crippen molar-refractivity contribution in [2.45, 2.75) is 25.9 Å². The van der Waals surface area contributed by atoms with Crippen molar-refractivity contribution in [1.29, 1.82) is 0 Å². The monoisotopic (exact) mass is 305 g/mol. The van der Waals surface area contributed by atoms with Crippen LogP contribution in [0.3, 0.4) is 0 Å². The predicted octanol–water partition coefficient (Wildman–Crippen LogP) is 2.81. The molecule has 1 aliphatic heterocycles. The van der Waals surface area contributed by atoms with Gasteiger partial charge in [-0.05, 0) is 42.7 Å². The van der Waals surface area contributed by atoms with Crippen LogP contribution in [0.1, 0.15) is 30.1 Å². The van der Waals surface area contributed by atoms with E-state index in [9.17, 15) is 14.9 Å². The van der Waals surface area contributed by atoms with Crippen LogP contribution in [-0.2, 0) is 9.47 Å². The number of hydrogen-bond donors (Lipinski definition) is 0. The summed E-state index contributed by atoms with van der Waals surface area (Å²) in [4.78, 5) is 22.3. The average Bonchev–Trinajstić information content (AvgIpc) is 2.84. The van der Waals surface area contributed by atoms with E-state index >= 15 is 0 Å². The zero-order valence-electron chi connectivity index (χ0n) is 12.4. The third kappa shape index (κ3) is 2.83. The highest BCUT2D eigenvalue weighted by molar-refractivity contribution is 5.89. The molecule has 0 unspecified atom stereocenters. The quantitative estimate of drug-likeness (QED) is 0.487. The molecule has 2 aliphatic rings. The van der Waals surface area contributed by atoms with E-state index in [1.54, 1.807) is 0 Å². The number of fused-ring (bicyclic) bond motifs is 1. The molecule has 3 rings (SSSR count). The first-order valence-corrected chi connectivity index (χ1v) is 7.59. The van der Waals surface area contributed by atoms with E-state index in [1.165, 1.54) is 24.3 Å². The highest BCUT2D eigenvalue weighted by Gasteiger charge is 2.44. The van der Waals surface area contributed by atoms with Crippen LogP contribution in [0.2, 0.25) is 0 Å². The molecule has 6 heteroatoms. The molecule has 0 spiro atoms. The zero-order valence-corrected chi connectivity index (χ0v) is 12.4. The number of nitrogens with zero attached hydrogens (tertiary/aromatic N) is 1. The van der Waals surface area contributed by atoms with Gasteiger partial charge in [-0.25, -0.2) is 4.79 Å². The topological polar surface area (TPSA) is 78.7 Å². The molecule has 1 heterocycles. The number of nitro groups is 1. The lowest BCUT2D eigenvalue weighted by molar-refractivity contribution is -0.384. The zero-order chi connectivity index (χ0) is 15.7. The van der Waals surface area contributed by atoms with Crippen molar-refractivity contribution in [3.05, 3.63) is 39.9 Å². The summed E-state index contributed by atoms with van der Waals surface area (Å²) >= 11 is 0. The number of rotatable bonds is 3. The van der Waals surface area contributed by atoms with Gasteiger partial charge in [-0.3, -0.25) is 10.1 Å². The molecular weight excluding hydrogens is 286 g/mol. The third-order valence-corrected chi connectivity index (χ3v) is 4.92. The number of nitro benzene ring substituents is 1. The SMILES string of the molecule is C[C@@H]1[C@H]2COCC[C@H]2C[C@@H]1OC(=O)c1ccc([N+](=O)[O-])cc1. The Bertz CT molecular complexity index is 570. The minimum Gasteiger partial charge on any atom is -0.458 e. The van der Waals surface area contributed by atoms with Gasteiger partial charge in [-0.15, -0.1) is 0 Å². The number of benzene rings is 1. The van der Waals surface area contributed by atoms with Gasteiger partial charge in [0, 0.05) is 18.7 Å². The van der Waals surface area contributed by atoms with Gasteiger partial charge >= 0.3 is 5.97 Å². The van der Waals surface area contributed by atoms with Crippen molar-refractivity contribution in [2.24, 2.45) is 17.8 Å². The van der Waals surface area contributed by atoms with Crippen LogP contribution in [0, 0.1) is 27.9 Å². The molecule has 22 heavy (non-hydrogen) atoms. The fourth-order valence-corrected chi connectivity index (χ4v) is 3.55. The van der Waals surface area contributed by atoms with Crippen molar-refractivity contribution >= 4 is 11.7 Å². The number of non-ortho nitro benzene ring substituents is 1. The Kier molecular flexibility index (Phi) is 4.11. The maximum absolute atomic E-state index is 12.2. The second-order valence-corrected chi connectivity index (χ2v) is 6.13. The van der Waals surface area contributed by atoms with Crippen molar-refractivity contribution in [3.63, 3.8) is 0 Å². The first-order valence-electron chi connectivity index (χ1n) is 7.59. The molecule has 118 valence electrons. The molecule has 1 aromatic carbocycles. The van der Waals surface area contributed by atoms with E-state index in [0.717, 1.165) is 26.1 Å². The van der Waals surface area contributed by atoms with Crippen LogP contribution in [0.5, 0.6) is 0 Å². The van der Waals surface area contributed by atoms with Crippen molar-refractivity contribution in [2.75, 3.05) is 13.2 Å². The van der Waals surface area contributed by atoms with Gasteiger partial charge in [-0.2, -0.15) is 0 Å². The van der Waals surface area contributed by atoms with Gasteiger partial charge in [0.2, 0.25) is 0 Å². The Balaban J connectivity index is 1.65. The van der Waals surface area contributed by atoms with Crippen LogP contribution < -0.4 is 0 Å². The van der Waals surface area contributed by atoms with Crippen molar-refractivity contribution in [3.8, 4) is 0 Å². The second kappa shape index (κ2) is 6.04. The van der Waals surface area contributed by atoms with Crippen LogP contribution >= 0.6 is 0 Å². The molecule has 0 radical (unpaired) electrons. The Morgan fingerprint density at radius 2 is 2.09 bits per heavy atom. The lowest BCUT2D eigenvalue weighted by Crippen LogP contribution is -2.28. The average molecular weight is 305 g/mol. The van der Waals surface area contributed by atoms with E-state index in [4.69, 9.17) is 9.47 Å². The summed E-state index contributed by atoms with van der Waals surface area (Å²) in [5, 5.41) is 10.6. The molecule has 1 aliphatic carbocycles. The number of ether oxygens (including phenoxy) is 2. The molecule has 4 atom stereocenters. The fraction of sp³-hybridized carbons (Fsp3) is 0.562. The predicted molar refractivity (Wildman–Crippen MR) is 78.5 cm³/mol. The smallest absolute Gasteiger partial charge is 0.338 e. The lowest BCUT2D eigenvalue weighted by Gasteiger charge is -2.27. The molecule has 1 aromatic rings. The summed E-state index contributed by atoms with van der Waals surface area (Å²) in [7, 11) is 0. The Labute approximate surface area is 128 Å². The summed E-state index contributed by atoms with van der Waals surface area (Å²) in [6.45, 7) is 3.64. The summed E-state index contributed by atoms with van der Waals surface area (Å²) in [5.74, 6) is 0.903. The van der Waals surface area contributed by atoms with E-state index < -0.39 is 10.9 Å². The van der Waals surface area contributed by atoms with Crippen LogP contribution in [0.25, 0.3) is 0 Å². The Morgan fingerprint density at radius 1 is 1.36 bits per heavy atom. The summed E-state index contributed by atoms with van der Waals surface area (Å²) < 4.78 is 11.2. The fourth-order valence-electron chi connectivity index (χ4n) is 3.55. The van der Waals surface area contributed by atoms with Crippen LogP contribution in [0.4, 0.5) is 5.69 Å². The lowest BCUT2D eigenvalue weighted by atomic mass is 9.87. The highest BCUT2D eigenvalue weighted by Crippen LogP contribution is 2.43. The van der Waals surface area contributed by atoms with E-state index in [1.807, 2.05) is 0 Å². The Morgan fingerprint density at radius 3 is 2.73 bits per heavy atom. The van der Waals surface area contributed by atoms with E-state index in [2.05, 4.69) is 6.92 Å². The van der Waals surface area contributed by atoms with Crippen LogP contribution in [0.15, 0.2) is 24.3 Å². The molecule has 0 N–H and O–H groups in total. The first-order chi connectivity index (χ1) is 10.6. The summed E-state index contributed by atoms with van der Waals surface area (Å²) in [6.07, 6.45) is 1.81. The molecule has 1 saturated heterocycles. The standard InChI is InChI=1S/C16H19NO5/c1-10-14-9-21-7-6-12(14)8-15(10)22-16(18)11-2-4-13(5-3-11)17(19)20/h2-5,10,12,14-15H,6-9H2,1H3/t10-,12+,14-,15+/m1/s1. The van der Waals surface area contributed by atoms with Gasteiger partial charge in [0.05, 0.1) is 17.1 Å². The van der Waals surface area contributed by atoms with Gasteiger partial charge in [0.15, 0.2) is 0 Å². The number of carbonyl (C=O) groups excluding carboxylic acids is 1. The maximum Gasteiger partial charge on any atom is 0.338 e. The van der Waals surface area contributed by atoms with E-state index in [-0.39, 0.29) is 17.7 Å². The van der Waals surface area contributed by atoms with Gasteiger partial charge in [-0.1, -0.05) is 6.92 Å². The molecule has 0 aromatic heterocycles. The third-order valence-electron chi connectivity index (χ3n) is 4.92. The molecule has 0 bridgehead atoms. The van der Waals surface area contributed by atoms with Crippen molar-refractivity contribution < 1.29 is 19.2 Å². The summed E-state index contributed by atoms with van der Waals surface area (Å²) in [6, 6.07) is 5.52. The molecule has 6 nitrogen and oxygen atoms in total. The Hall–Kier alpha value is -1.95. The first kappa shape index (κ1) is 15.0. The number of carbonyl (C=O) groups is 1. The molecule has 1 saturated carbocycles. The second-order valence-electron chi connectivity index (χ2n) is 6.13. The minimum atomic E-state index is -0.487. The number of hydrogen-bond acceptors (Lipinski definition) is 5. The van der Waals surface area contributed by atoms with Crippen molar-refractivity contribution in [1.82, 2.24) is 0 Å². The number of esters is 1. The van der Waals surface area contributed by atoms with Gasteiger partial charge in [0.25, 0.3) is 5.69 Å². The summed E-state index contributed by atoms with van der Waals surface area (Å²) in [5.41, 5.74) is 0.317. The largest absolute Gasteiger partial charge is 0.458 e.